The molecule has 1 aliphatic rings. The summed E-state index contributed by atoms with van der Waals surface area (Å²) in [7, 11) is 0. The number of halogens is 3. The highest BCUT2D eigenvalue weighted by Gasteiger charge is 2.33. The molecule has 2 aromatic rings. The zero-order chi connectivity index (χ0) is 17.2. The molecule has 1 N–H and O–H groups in total. The van der Waals surface area contributed by atoms with Crippen LogP contribution in [0.5, 0.6) is 5.88 Å². The largest absolute Gasteiger partial charge is 0.471 e. The number of carbonyl (C=O) groups is 1. The molecule has 0 aliphatic carbocycles. The highest BCUT2D eigenvalue weighted by atomic mass is 19.4. The van der Waals surface area contributed by atoms with Gasteiger partial charge < -0.3 is 15.0 Å². The van der Waals surface area contributed by atoms with Crippen LogP contribution in [-0.4, -0.2) is 35.1 Å². The topological polar surface area (TPSA) is 54.5 Å². The van der Waals surface area contributed by atoms with Gasteiger partial charge in [0.05, 0.1) is 18.7 Å². The first-order valence-corrected chi connectivity index (χ1v) is 7.23. The van der Waals surface area contributed by atoms with Gasteiger partial charge in [0.15, 0.2) is 0 Å². The molecule has 1 aliphatic heterocycles. The zero-order valence-electron chi connectivity index (χ0n) is 12.5. The lowest BCUT2D eigenvalue weighted by Crippen LogP contribution is -2.57. The molecule has 8 heteroatoms. The summed E-state index contributed by atoms with van der Waals surface area (Å²) in [6, 6.07) is 10.9. The Hall–Kier alpha value is -2.77. The number of alkyl halides is 3. The van der Waals surface area contributed by atoms with Crippen molar-refractivity contribution in [1.29, 1.82) is 0 Å². The molecule has 0 unspecified atom stereocenters. The number of anilines is 1. The predicted molar refractivity (Wildman–Crippen MR) is 80.7 cm³/mol. The van der Waals surface area contributed by atoms with Gasteiger partial charge >= 0.3 is 12.2 Å². The van der Waals surface area contributed by atoms with Gasteiger partial charge in [-0.3, -0.25) is 0 Å². The maximum atomic E-state index is 12.4. The number of carbonyl (C=O) groups excluding carboxylic acids is 1. The molecular formula is C16H14F3N3O2. The normalized spacial score (nSPS) is 14.9. The quantitative estimate of drug-likeness (QED) is 0.934. The number of para-hydroxylation sites is 1. The van der Waals surface area contributed by atoms with E-state index in [-0.39, 0.29) is 18.0 Å². The number of aromatic nitrogens is 1. The minimum atomic E-state index is -4.42. The second-order valence-electron chi connectivity index (χ2n) is 5.32. The Morgan fingerprint density at radius 3 is 2.46 bits per heavy atom. The number of hydrogen-bond donors (Lipinski definition) is 1. The maximum Gasteiger partial charge on any atom is 0.417 e. The molecule has 2 amide bonds. The summed E-state index contributed by atoms with van der Waals surface area (Å²) >= 11 is 0. The van der Waals surface area contributed by atoms with Crippen LogP contribution in [0.2, 0.25) is 0 Å². The van der Waals surface area contributed by atoms with Crippen LogP contribution in [0.25, 0.3) is 0 Å². The average Bonchev–Trinajstić information content (AvgIpc) is 2.51. The van der Waals surface area contributed by atoms with Crippen LogP contribution >= 0.6 is 0 Å². The number of benzene rings is 1. The monoisotopic (exact) mass is 337 g/mol. The van der Waals surface area contributed by atoms with Gasteiger partial charge in [0, 0.05) is 18.0 Å². The van der Waals surface area contributed by atoms with Crippen LogP contribution in [0.4, 0.5) is 23.7 Å². The Balaban J connectivity index is 1.47. The number of nitrogens with one attached hydrogen (secondary N) is 1. The molecule has 0 radical (unpaired) electrons. The van der Waals surface area contributed by atoms with Crippen molar-refractivity contribution < 1.29 is 22.7 Å². The lowest BCUT2D eigenvalue weighted by molar-refractivity contribution is -0.137. The van der Waals surface area contributed by atoms with E-state index >= 15 is 0 Å². The second kappa shape index (κ2) is 6.38. The van der Waals surface area contributed by atoms with Gasteiger partial charge in [0.25, 0.3) is 0 Å². The van der Waals surface area contributed by atoms with Crippen molar-refractivity contribution in [3.63, 3.8) is 0 Å². The van der Waals surface area contributed by atoms with Crippen LogP contribution in [0.15, 0.2) is 48.7 Å². The van der Waals surface area contributed by atoms with Gasteiger partial charge in [-0.15, -0.1) is 0 Å². The minimum Gasteiger partial charge on any atom is -0.471 e. The van der Waals surface area contributed by atoms with Gasteiger partial charge in [-0.05, 0) is 18.2 Å². The fourth-order valence-electron chi connectivity index (χ4n) is 2.19. The van der Waals surface area contributed by atoms with E-state index in [4.69, 9.17) is 4.74 Å². The highest BCUT2D eigenvalue weighted by molar-refractivity contribution is 5.89. The standard InChI is InChI=1S/C16H14F3N3O2/c17-16(18,19)11-6-7-14(20-8-11)24-13-9-22(10-13)15(23)21-12-4-2-1-3-5-12/h1-8,13H,9-10H2,(H,21,23). The fraction of sp³-hybridized carbons (Fsp3) is 0.250. The molecule has 0 atom stereocenters. The van der Waals surface area contributed by atoms with E-state index in [0.717, 1.165) is 12.3 Å². The van der Waals surface area contributed by atoms with E-state index in [9.17, 15) is 18.0 Å². The van der Waals surface area contributed by atoms with E-state index in [1.54, 1.807) is 17.0 Å². The molecule has 2 heterocycles. The molecule has 1 aromatic carbocycles. The van der Waals surface area contributed by atoms with Gasteiger partial charge in [0.2, 0.25) is 5.88 Å². The van der Waals surface area contributed by atoms with Crippen LogP contribution in [0.3, 0.4) is 0 Å². The SMILES string of the molecule is O=C(Nc1ccccc1)N1CC(Oc2ccc(C(F)(F)F)cn2)C1. The minimum absolute atomic E-state index is 0.108. The van der Waals surface area contributed by atoms with Crippen LogP contribution in [-0.2, 0) is 6.18 Å². The van der Waals surface area contributed by atoms with E-state index in [2.05, 4.69) is 10.3 Å². The molecule has 1 fully saturated rings. The number of nitrogens with zero attached hydrogens (tertiary/aromatic N) is 2. The molecule has 0 spiro atoms. The lowest BCUT2D eigenvalue weighted by atomic mass is 10.2. The molecule has 0 saturated carbocycles. The van der Waals surface area contributed by atoms with E-state index in [0.29, 0.717) is 18.8 Å². The molecular weight excluding hydrogens is 323 g/mol. The van der Waals surface area contributed by atoms with E-state index < -0.39 is 11.7 Å². The van der Waals surface area contributed by atoms with Crippen molar-refractivity contribution in [2.75, 3.05) is 18.4 Å². The summed E-state index contributed by atoms with van der Waals surface area (Å²) in [5.74, 6) is 0.108. The molecule has 24 heavy (non-hydrogen) atoms. The summed E-state index contributed by atoms with van der Waals surface area (Å²) < 4.78 is 42.8. The number of amides is 2. The zero-order valence-corrected chi connectivity index (χ0v) is 12.5. The van der Waals surface area contributed by atoms with Gasteiger partial charge in [0.1, 0.15) is 6.10 Å². The number of hydrogen-bond acceptors (Lipinski definition) is 3. The Labute approximate surface area is 136 Å². The fourth-order valence-corrected chi connectivity index (χ4v) is 2.19. The molecule has 3 rings (SSSR count). The van der Waals surface area contributed by atoms with Crippen LogP contribution in [0, 0.1) is 0 Å². The lowest BCUT2D eigenvalue weighted by Gasteiger charge is -2.38. The van der Waals surface area contributed by atoms with Crippen molar-refractivity contribution >= 4 is 11.7 Å². The maximum absolute atomic E-state index is 12.4. The van der Waals surface area contributed by atoms with Crippen molar-refractivity contribution in [2.24, 2.45) is 0 Å². The summed E-state index contributed by atoms with van der Waals surface area (Å²) in [5.41, 5.74) is -0.136. The van der Waals surface area contributed by atoms with Crippen LogP contribution in [0.1, 0.15) is 5.56 Å². The number of urea groups is 1. The van der Waals surface area contributed by atoms with Gasteiger partial charge in [-0.2, -0.15) is 13.2 Å². The third-order valence-electron chi connectivity index (χ3n) is 3.51. The Kier molecular flexibility index (Phi) is 4.28. The Morgan fingerprint density at radius 2 is 1.88 bits per heavy atom. The Morgan fingerprint density at radius 1 is 1.17 bits per heavy atom. The van der Waals surface area contributed by atoms with Crippen molar-refractivity contribution in [3.05, 3.63) is 54.2 Å². The number of ether oxygens (including phenoxy) is 1. The van der Waals surface area contributed by atoms with Crippen molar-refractivity contribution in [2.45, 2.75) is 12.3 Å². The molecule has 126 valence electrons. The highest BCUT2D eigenvalue weighted by Crippen LogP contribution is 2.29. The second-order valence-corrected chi connectivity index (χ2v) is 5.32. The first kappa shape index (κ1) is 16.1. The van der Waals surface area contributed by atoms with Gasteiger partial charge in [-0.25, -0.2) is 9.78 Å². The third kappa shape index (κ3) is 3.76. The molecule has 1 aromatic heterocycles. The van der Waals surface area contributed by atoms with Gasteiger partial charge in [-0.1, -0.05) is 18.2 Å². The van der Waals surface area contributed by atoms with Crippen LogP contribution < -0.4 is 10.1 Å². The predicted octanol–water partition coefficient (Wildman–Crippen LogP) is 3.40. The molecule has 5 nitrogen and oxygen atoms in total. The van der Waals surface area contributed by atoms with Crippen molar-refractivity contribution in [3.8, 4) is 5.88 Å². The van der Waals surface area contributed by atoms with E-state index in [1.807, 2.05) is 18.2 Å². The number of likely N-dealkylation sites (tertiary alicyclic amines) is 1. The first-order valence-electron chi connectivity index (χ1n) is 7.23. The smallest absolute Gasteiger partial charge is 0.417 e. The third-order valence-corrected chi connectivity index (χ3v) is 3.51. The summed E-state index contributed by atoms with van der Waals surface area (Å²) in [4.78, 5) is 17.2. The Bertz CT molecular complexity index is 699. The molecule has 0 bridgehead atoms. The summed E-state index contributed by atoms with van der Waals surface area (Å²) in [6.45, 7) is 0.697. The van der Waals surface area contributed by atoms with Crippen molar-refractivity contribution in [1.82, 2.24) is 9.88 Å². The van der Waals surface area contributed by atoms with E-state index in [1.165, 1.54) is 6.07 Å². The summed E-state index contributed by atoms with van der Waals surface area (Å²) in [5, 5.41) is 2.74. The first-order chi connectivity index (χ1) is 11.4. The molecule has 1 saturated heterocycles. The number of rotatable bonds is 3. The average molecular weight is 337 g/mol. The summed E-state index contributed by atoms with van der Waals surface area (Å²) in [6.07, 6.45) is -3.97. The number of pyridine rings is 1.